The number of carbonyl (C=O) groups is 1. The van der Waals surface area contributed by atoms with Crippen molar-refractivity contribution in [3.05, 3.63) is 0 Å². The lowest BCUT2D eigenvalue weighted by atomic mass is 9.89. The average Bonchev–Trinajstić information content (AvgIpc) is 2.72. The van der Waals surface area contributed by atoms with Gasteiger partial charge in [0.2, 0.25) is 5.91 Å². The van der Waals surface area contributed by atoms with E-state index >= 15 is 0 Å². The van der Waals surface area contributed by atoms with Gasteiger partial charge in [-0.25, -0.2) is 0 Å². The van der Waals surface area contributed by atoms with Gasteiger partial charge in [-0.15, -0.1) is 5.10 Å². The first kappa shape index (κ1) is 9.11. The fourth-order valence-electron chi connectivity index (χ4n) is 1.79. The monoisotopic (exact) mass is 195 g/mol. The minimum absolute atomic E-state index is 0.0195. The zero-order valence-corrected chi connectivity index (χ0v) is 7.86. The highest BCUT2D eigenvalue weighted by molar-refractivity contribution is 5.90. The first-order chi connectivity index (χ1) is 6.86. The highest BCUT2D eigenvalue weighted by Crippen LogP contribution is 2.24. The maximum absolute atomic E-state index is 11.6. The molecule has 1 saturated carbocycles. The zero-order chi connectivity index (χ0) is 9.80. The number of rotatable bonds is 2. The van der Waals surface area contributed by atoms with Gasteiger partial charge in [-0.2, -0.15) is 5.21 Å². The number of hydrogen-bond donors (Lipinski definition) is 2. The molecule has 0 saturated heterocycles. The molecule has 1 aromatic heterocycles. The molecule has 1 heterocycles. The van der Waals surface area contributed by atoms with Crippen LogP contribution in [0.1, 0.15) is 32.1 Å². The van der Waals surface area contributed by atoms with Gasteiger partial charge in [0, 0.05) is 5.92 Å². The van der Waals surface area contributed by atoms with E-state index in [1.54, 1.807) is 0 Å². The van der Waals surface area contributed by atoms with Crippen molar-refractivity contribution in [3.63, 3.8) is 0 Å². The molecule has 0 bridgehead atoms. The molecule has 0 unspecified atom stereocenters. The first-order valence-electron chi connectivity index (χ1n) is 4.90. The second-order valence-corrected chi connectivity index (χ2v) is 3.56. The highest BCUT2D eigenvalue weighted by atomic mass is 16.2. The van der Waals surface area contributed by atoms with Crippen molar-refractivity contribution in [1.29, 1.82) is 0 Å². The maximum atomic E-state index is 11.6. The van der Waals surface area contributed by atoms with Crippen molar-refractivity contribution in [3.8, 4) is 0 Å². The van der Waals surface area contributed by atoms with Crippen LogP contribution >= 0.6 is 0 Å². The van der Waals surface area contributed by atoms with E-state index in [0.29, 0.717) is 0 Å². The normalized spacial score (nSPS) is 18.0. The van der Waals surface area contributed by atoms with E-state index in [4.69, 9.17) is 0 Å². The second-order valence-electron chi connectivity index (χ2n) is 3.56. The lowest BCUT2D eigenvalue weighted by Gasteiger charge is -2.19. The summed E-state index contributed by atoms with van der Waals surface area (Å²) in [5, 5.41) is 15.6. The molecule has 0 aromatic carbocycles. The standard InChI is InChI=1S/C8H13N5O/c14-7(6-4-2-1-3-5-6)9-8-10-12-13-11-8/h6H,1-5H2,(H2,9,10,11,12,13,14). The number of amides is 1. The van der Waals surface area contributed by atoms with Gasteiger partial charge in [-0.05, 0) is 18.1 Å². The lowest BCUT2D eigenvalue weighted by Crippen LogP contribution is -2.25. The minimum atomic E-state index is 0.0195. The third-order valence-electron chi connectivity index (χ3n) is 2.56. The molecule has 0 radical (unpaired) electrons. The summed E-state index contributed by atoms with van der Waals surface area (Å²) in [6.07, 6.45) is 5.48. The number of aromatic nitrogens is 4. The van der Waals surface area contributed by atoms with E-state index in [1.165, 1.54) is 6.42 Å². The fourth-order valence-corrected chi connectivity index (χ4v) is 1.79. The predicted octanol–water partition coefficient (Wildman–Crippen LogP) is 0.718. The summed E-state index contributed by atoms with van der Waals surface area (Å²) < 4.78 is 0. The van der Waals surface area contributed by atoms with Crippen molar-refractivity contribution >= 4 is 11.9 Å². The summed E-state index contributed by atoms with van der Waals surface area (Å²) in [6, 6.07) is 0. The largest absolute Gasteiger partial charge is 0.292 e. The molecule has 0 spiro atoms. The zero-order valence-electron chi connectivity index (χ0n) is 7.86. The van der Waals surface area contributed by atoms with E-state index in [2.05, 4.69) is 25.9 Å². The van der Waals surface area contributed by atoms with Crippen LogP contribution in [0.5, 0.6) is 0 Å². The molecule has 2 rings (SSSR count). The van der Waals surface area contributed by atoms with Gasteiger partial charge in [-0.3, -0.25) is 10.1 Å². The number of nitrogens with zero attached hydrogens (tertiary/aromatic N) is 3. The molecular weight excluding hydrogens is 182 g/mol. The number of anilines is 1. The molecule has 1 aliphatic carbocycles. The SMILES string of the molecule is O=C(Nc1nn[nH]n1)C1CCCCC1. The molecule has 14 heavy (non-hydrogen) atoms. The quantitative estimate of drug-likeness (QED) is 0.728. The Balaban J connectivity index is 1.88. The summed E-state index contributed by atoms with van der Waals surface area (Å²) >= 11 is 0. The maximum Gasteiger partial charge on any atom is 0.269 e. The first-order valence-corrected chi connectivity index (χ1v) is 4.90. The van der Waals surface area contributed by atoms with Crippen LogP contribution in [0, 0.1) is 5.92 Å². The fraction of sp³-hybridized carbons (Fsp3) is 0.750. The van der Waals surface area contributed by atoms with Gasteiger partial charge in [-0.1, -0.05) is 24.4 Å². The van der Waals surface area contributed by atoms with Crippen molar-refractivity contribution in [1.82, 2.24) is 20.6 Å². The highest BCUT2D eigenvalue weighted by Gasteiger charge is 2.21. The Kier molecular flexibility index (Phi) is 2.71. The number of nitrogens with one attached hydrogen (secondary N) is 2. The van der Waals surface area contributed by atoms with Crippen molar-refractivity contribution in [2.45, 2.75) is 32.1 Å². The van der Waals surface area contributed by atoms with Crippen LogP contribution in [0.2, 0.25) is 0 Å². The summed E-state index contributed by atoms with van der Waals surface area (Å²) in [4.78, 5) is 11.6. The Bertz CT molecular complexity index is 291. The van der Waals surface area contributed by atoms with Crippen LogP contribution in [0.15, 0.2) is 0 Å². The van der Waals surface area contributed by atoms with Gasteiger partial charge >= 0.3 is 0 Å². The molecule has 0 atom stereocenters. The Morgan fingerprint density at radius 2 is 2.14 bits per heavy atom. The molecule has 1 fully saturated rings. The van der Waals surface area contributed by atoms with Gasteiger partial charge in [0.1, 0.15) is 0 Å². The third-order valence-corrected chi connectivity index (χ3v) is 2.56. The van der Waals surface area contributed by atoms with E-state index < -0.39 is 0 Å². The molecular formula is C8H13N5O. The molecule has 6 nitrogen and oxygen atoms in total. The number of aromatic amines is 1. The number of hydrogen-bond acceptors (Lipinski definition) is 4. The van der Waals surface area contributed by atoms with Crippen LogP contribution in [0.25, 0.3) is 0 Å². The minimum Gasteiger partial charge on any atom is -0.292 e. The third kappa shape index (κ3) is 2.07. The van der Waals surface area contributed by atoms with Crippen LogP contribution in [-0.2, 0) is 4.79 Å². The Morgan fingerprint density at radius 3 is 2.79 bits per heavy atom. The Morgan fingerprint density at radius 1 is 1.36 bits per heavy atom. The number of carbonyl (C=O) groups excluding carboxylic acids is 1. The molecule has 1 aromatic rings. The molecule has 0 aliphatic heterocycles. The van der Waals surface area contributed by atoms with E-state index in [-0.39, 0.29) is 17.8 Å². The van der Waals surface area contributed by atoms with Gasteiger partial charge in [0.15, 0.2) is 0 Å². The van der Waals surface area contributed by atoms with Crippen molar-refractivity contribution in [2.24, 2.45) is 5.92 Å². The Hall–Kier alpha value is -1.46. The molecule has 1 amide bonds. The van der Waals surface area contributed by atoms with Crippen molar-refractivity contribution < 1.29 is 4.79 Å². The number of tetrazole rings is 1. The molecule has 6 heteroatoms. The topological polar surface area (TPSA) is 83.6 Å². The van der Waals surface area contributed by atoms with Gasteiger partial charge in [0.05, 0.1) is 0 Å². The summed E-state index contributed by atoms with van der Waals surface area (Å²) in [6.45, 7) is 0. The lowest BCUT2D eigenvalue weighted by molar-refractivity contribution is -0.120. The summed E-state index contributed by atoms with van der Waals surface area (Å²) in [7, 11) is 0. The van der Waals surface area contributed by atoms with E-state index in [9.17, 15) is 4.79 Å². The summed E-state index contributed by atoms with van der Waals surface area (Å²) in [5.41, 5.74) is 0. The average molecular weight is 195 g/mol. The second kappa shape index (κ2) is 4.17. The van der Waals surface area contributed by atoms with Crippen LogP contribution in [0.3, 0.4) is 0 Å². The number of H-pyrrole nitrogens is 1. The van der Waals surface area contributed by atoms with E-state index in [0.717, 1.165) is 25.7 Å². The van der Waals surface area contributed by atoms with Crippen LogP contribution < -0.4 is 5.32 Å². The van der Waals surface area contributed by atoms with Gasteiger partial charge in [0.25, 0.3) is 5.95 Å². The smallest absolute Gasteiger partial charge is 0.269 e. The Labute approximate surface area is 81.5 Å². The predicted molar refractivity (Wildman–Crippen MR) is 49.4 cm³/mol. The summed E-state index contributed by atoms with van der Waals surface area (Å²) in [5.74, 6) is 0.411. The van der Waals surface area contributed by atoms with Crippen LogP contribution in [0.4, 0.5) is 5.95 Å². The van der Waals surface area contributed by atoms with Crippen molar-refractivity contribution in [2.75, 3.05) is 5.32 Å². The molecule has 2 N–H and O–H groups in total. The molecule has 76 valence electrons. The van der Waals surface area contributed by atoms with Gasteiger partial charge < -0.3 is 0 Å². The van der Waals surface area contributed by atoms with E-state index in [1.807, 2.05) is 0 Å². The molecule has 1 aliphatic rings. The van der Waals surface area contributed by atoms with Crippen LogP contribution in [-0.4, -0.2) is 26.5 Å².